The Morgan fingerprint density at radius 3 is 1.43 bits per heavy atom. The molecule has 0 saturated heterocycles. The standard InChI is InChI=1S/C7H11F3.C4H10/c1-6(7(8,9)10)4-2-3-5-6;1-4(2)3/h2-5H2,1H3;4H,1-3H3. The van der Waals surface area contributed by atoms with Crippen LogP contribution in [0.15, 0.2) is 0 Å². The zero-order valence-electron chi connectivity index (χ0n) is 9.54. The Morgan fingerprint density at radius 1 is 1.00 bits per heavy atom. The topological polar surface area (TPSA) is 0 Å². The van der Waals surface area contributed by atoms with Crippen LogP contribution in [-0.2, 0) is 0 Å². The maximum Gasteiger partial charge on any atom is 0.394 e. The predicted molar refractivity (Wildman–Crippen MR) is 53.1 cm³/mol. The summed E-state index contributed by atoms with van der Waals surface area (Å²) in [5.41, 5.74) is -1.37. The zero-order chi connectivity index (χ0) is 11.4. The molecule has 0 bridgehead atoms. The Hall–Kier alpha value is -0.210. The van der Waals surface area contributed by atoms with Crippen LogP contribution < -0.4 is 0 Å². The molecule has 0 unspecified atom stereocenters. The fraction of sp³-hybridized carbons (Fsp3) is 1.00. The second-order valence-electron chi connectivity index (χ2n) is 5.00. The summed E-state index contributed by atoms with van der Waals surface area (Å²) in [6.45, 7) is 7.82. The van der Waals surface area contributed by atoms with Gasteiger partial charge in [-0.3, -0.25) is 0 Å². The minimum Gasteiger partial charge on any atom is -0.171 e. The Labute approximate surface area is 84.9 Å². The minimum atomic E-state index is -3.98. The summed E-state index contributed by atoms with van der Waals surface area (Å²) in [6, 6.07) is 0. The van der Waals surface area contributed by atoms with Gasteiger partial charge in [0.05, 0.1) is 5.41 Å². The third-order valence-corrected chi connectivity index (χ3v) is 2.39. The lowest BCUT2D eigenvalue weighted by Gasteiger charge is -2.26. The first kappa shape index (κ1) is 13.8. The lowest BCUT2D eigenvalue weighted by Crippen LogP contribution is -2.31. The van der Waals surface area contributed by atoms with E-state index in [4.69, 9.17) is 0 Å². The van der Waals surface area contributed by atoms with Crippen molar-refractivity contribution in [1.29, 1.82) is 0 Å². The van der Waals surface area contributed by atoms with Gasteiger partial charge in [-0.2, -0.15) is 13.2 Å². The average Bonchev–Trinajstić information content (AvgIpc) is 2.33. The molecule has 1 saturated carbocycles. The fourth-order valence-corrected chi connectivity index (χ4v) is 1.44. The van der Waals surface area contributed by atoms with Crippen LogP contribution in [0.1, 0.15) is 53.4 Å². The van der Waals surface area contributed by atoms with Crippen molar-refractivity contribution in [2.75, 3.05) is 0 Å². The molecule has 86 valence electrons. The molecule has 0 spiro atoms. The summed E-state index contributed by atoms with van der Waals surface area (Å²) >= 11 is 0. The van der Waals surface area contributed by atoms with Crippen LogP contribution in [0.4, 0.5) is 13.2 Å². The van der Waals surface area contributed by atoms with Gasteiger partial charge in [0.15, 0.2) is 0 Å². The molecule has 3 heteroatoms. The highest BCUT2D eigenvalue weighted by Gasteiger charge is 2.51. The number of rotatable bonds is 0. The van der Waals surface area contributed by atoms with Crippen molar-refractivity contribution in [3.8, 4) is 0 Å². The normalized spacial score (nSPS) is 20.6. The quantitative estimate of drug-likeness (QED) is 0.539. The summed E-state index contributed by atoms with van der Waals surface area (Å²) in [5.74, 6) is 0.833. The number of hydrogen-bond acceptors (Lipinski definition) is 0. The largest absolute Gasteiger partial charge is 0.394 e. The van der Waals surface area contributed by atoms with Crippen molar-refractivity contribution in [3.05, 3.63) is 0 Å². The van der Waals surface area contributed by atoms with Crippen molar-refractivity contribution >= 4 is 0 Å². The average molecular weight is 210 g/mol. The monoisotopic (exact) mass is 210 g/mol. The molecule has 0 heterocycles. The third-order valence-electron chi connectivity index (χ3n) is 2.39. The molecule has 0 atom stereocenters. The maximum absolute atomic E-state index is 12.1. The number of hydrogen-bond donors (Lipinski definition) is 0. The molecule has 0 nitrogen and oxygen atoms in total. The highest BCUT2D eigenvalue weighted by Crippen LogP contribution is 2.49. The molecule has 0 radical (unpaired) electrons. The van der Waals surface area contributed by atoms with Gasteiger partial charge >= 0.3 is 6.18 Å². The first-order valence-corrected chi connectivity index (χ1v) is 5.26. The van der Waals surface area contributed by atoms with Crippen molar-refractivity contribution in [2.45, 2.75) is 59.6 Å². The smallest absolute Gasteiger partial charge is 0.171 e. The van der Waals surface area contributed by atoms with E-state index in [1.165, 1.54) is 6.92 Å². The van der Waals surface area contributed by atoms with E-state index in [1.807, 2.05) is 0 Å². The summed E-state index contributed by atoms with van der Waals surface area (Å²) in [4.78, 5) is 0. The molecule has 0 aromatic rings. The molecule has 0 N–H and O–H groups in total. The Bertz CT molecular complexity index is 150. The van der Waals surface area contributed by atoms with Gasteiger partial charge in [0.25, 0.3) is 0 Å². The molecule has 14 heavy (non-hydrogen) atoms. The van der Waals surface area contributed by atoms with Gasteiger partial charge in [0.2, 0.25) is 0 Å². The van der Waals surface area contributed by atoms with Gasteiger partial charge in [-0.05, 0) is 18.8 Å². The van der Waals surface area contributed by atoms with E-state index in [-0.39, 0.29) is 0 Å². The molecular formula is C11H21F3. The Morgan fingerprint density at radius 2 is 1.29 bits per heavy atom. The van der Waals surface area contributed by atoms with Crippen molar-refractivity contribution in [1.82, 2.24) is 0 Å². The summed E-state index contributed by atoms with van der Waals surface area (Å²) < 4.78 is 36.4. The van der Waals surface area contributed by atoms with Crippen molar-refractivity contribution < 1.29 is 13.2 Å². The molecule has 0 aliphatic heterocycles. The first-order chi connectivity index (χ1) is 6.19. The van der Waals surface area contributed by atoms with Crippen LogP contribution in [0.2, 0.25) is 0 Å². The highest BCUT2D eigenvalue weighted by atomic mass is 19.4. The predicted octanol–water partition coefficient (Wildman–Crippen LogP) is 4.79. The molecule has 1 aliphatic rings. The van der Waals surface area contributed by atoms with Gasteiger partial charge in [-0.25, -0.2) is 0 Å². The molecule has 1 fully saturated rings. The van der Waals surface area contributed by atoms with Crippen molar-refractivity contribution in [3.63, 3.8) is 0 Å². The van der Waals surface area contributed by atoms with E-state index in [1.54, 1.807) is 0 Å². The Kier molecular flexibility index (Phi) is 4.96. The zero-order valence-corrected chi connectivity index (χ0v) is 9.54. The van der Waals surface area contributed by atoms with Gasteiger partial charge in [0, 0.05) is 0 Å². The number of alkyl halides is 3. The summed E-state index contributed by atoms with van der Waals surface area (Å²) in [7, 11) is 0. The SMILES string of the molecule is CC(C)C.CC1(C(F)(F)F)CCCC1. The van der Waals surface area contributed by atoms with Gasteiger partial charge < -0.3 is 0 Å². The van der Waals surface area contributed by atoms with Gasteiger partial charge in [-0.1, -0.05) is 40.5 Å². The van der Waals surface area contributed by atoms with Crippen LogP contribution in [0, 0.1) is 11.3 Å². The maximum atomic E-state index is 12.1. The van der Waals surface area contributed by atoms with Crippen LogP contribution in [0.25, 0.3) is 0 Å². The third kappa shape index (κ3) is 4.34. The highest BCUT2D eigenvalue weighted by molar-refractivity contribution is 4.86. The van der Waals surface area contributed by atoms with Gasteiger partial charge in [-0.15, -0.1) is 0 Å². The molecule has 0 amide bonds. The van der Waals surface area contributed by atoms with E-state index < -0.39 is 11.6 Å². The minimum absolute atomic E-state index is 0.316. The van der Waals surface area contributed by atoms with Crippen LogP contribution in [-0.4, -0.2) is 6.18 Å². The molecular weight excluding hydrogens is 189 g/mol. The second-order valence-corrected chi connectivity index (χ2v) is 5.00. The first-order valence-electron chi connectivity index (χ1n) is 5.26. The fourth-order valence-electron chi connectivity index (χ4n) is 1.44. The van der Waals surface area contributed by atoms with Crippen LogP contribution in [0.5, 0.6) is 0 Å². The van der Waals surface area contributed by atoms with Crippen LogP contribution in [0.3, 0.4) is 0 Å². The van der Waals surface area contributed by atoms with E-state index in [2.05, 4.69) is 20.8 Å². The van der Waals surface area contributed by atoms with E-state index in [0.29, 0.717) is 12.8 Å². The summed E-state index contributed by atoms with van der Waals surface area (Å²) in [5, 5.41) is 0. The molecule has 1 rings (SSSR count). The van der Waals surface area contributed by atoms with Crippen molar-refractivity contribution in [2.24, 2.45) is 11.3 Å². The number of halogens is 3. The lowest BCUT2D eigenvalue weighted by molar-refractivity contribution is -0.215. The lowest BCUT2D eigenvalue weighted by atomic mass is 9.88. The summed E-state index contributed by atoms with van der Waals surface area (Å²) in [6.07, 6.45) is -1.89. The van der Waals surface area contributed by atoms with E-state index in [9.17, 15) is 13.2 Å². The molecule has 0 aromatic heterocycles. The Balaban J connectivity index is 0.000000364. The second kappa shape index (κ2) is 5.04. The molecule has 1 aliphatic carbocycles. The molecule has 0 aromatic carbocycles. The van der Waals surface area contributed by atoms with E-state index in [0.717, 1.165) is 18.8 Å². The van der Waals surface area contributed by atoms with Gasteiger partial charge in [0.1, 0.15) is 0 Å². The van der Waals surface area contributed by atoms with E-state index >= 15 is 0 Å². The van der Waals surface area contributed by atoms with Crippen LogP contribution >= 0.6 is 0 Å².